The predicted octanol–water partition coefficient (Wildman–Crippen LogP) is -0.796. The van der Waals surface area contributed by atoms with E-state index in [0.29, 0.717) is 19.7 Å². The van der Waals surface area contributed by atoms with Gasteiger partial charge < -0.3 is 24.8 Å². The van der Waals surface area contributed by atoms with Crippen LogP contribution in [-0.4, -0.2) is 92.1 Å². The van der Waals surface area contributed by atoms with Gasteiger partial charge in [0.15, 0.2) is 0 Å². The van der Waals surface area contributed by atoms with Gasteiger partial charge in [0.05, 0.1) is 38.9 Å². The van der Waals surface area contributed by atoms with Crippen LogP contribution in [0.5, 0.6) is 0 Å². The van der Waals surface area contributed by atoms with Crippen LogP contribution in [0.15, 0.2) is 0 Å². The summed E-state index contributed by atoms with van der Waals surface area (Å²) in [7, 11) is 0. The Morgan fingerprint density at radius 3 is 2.57 bits per heavy atom. The van der Waals surface area contributed by atoms with Gasteiger partial charge in [0.2, 0.25) is 0 Å². The van der Waals surface area contributed by atoms with Crippen LogP contribution in [0.1, 0.15) is 6.42 Å². The van der Waals surface area contributed by atoms with E-state index in [4.69, 9.17) is 14.6 Å². The van der Waals surface area contributed by atoms with Gasteiger partial charge in [-0.2, -0.15) is 0 Å². The lowest BCUT2D eigenvalue weighted by Crippen LogP contribution is -2.54. The van der Waals surface area contributed by atoms with E-state index in [9.17, 15) is 9.59 Å². The summed E-state index contributed by atoms with van der Waals surface area (Å²) in [5.41, 5.74) is 0. The molecule has 0 bridgehead atoms. The molecule has 120 valence electrons. The number of rotatable bonds is 5. The van der Waals surface area contributed by atoms with E-state index in [1.54, 1.807) is 4.90 Å². The molecule has 2 aliphatic heterocycles. The van der Waals surface area contributed by atoms with Crippen molar-refractivity contribution in [2.45, 2.75) is 12.5 Å². The molecular formula is C13H23N3O5. The minimum atomic E-state index is -0.920. The van der Waals surface area contributed by atoms with Crippen molar-refractivity contribution in [3.8, 4) is 0 Å². The average Bonchev–Trinajstić information content (AvgIpc) is 2.48. The van der Waals surface area contributed by atoms with Gasteiger partial charge >= 0.3 is 12.0 Å². The maximum Gasteiger partial charge on any atom is 0.317 e. The summed E-state index contributed by atoms with van der Waals surface area (Å²) < 4.78 is 10.5. The Hall–Kier alpha value is -1.38. The van der Waals surface area contributed by atoms with Crippen LogP contribution >= 0.6 is 0 Å². The number of ether oxygens (including phenoxy) is 2. The molecule has 0 aromatic carbocycles. The number of nitrogens with zero attached hydrogens (tertiary/aromatic N) is 2. The SMILES string of the molecule is O=C(O)CC1COCCN1C(=O)NCCN1CCOCC1. The molecule has 1 atom stereocenters. The van der Waals surface area contributed by atoms with Gasteiger partial charge in [-0.05, 0) is 0 Å². The molecule has 8 heteroatoms. The molecule has 2 heterocycles. The smallest absolute Gasteiger partial charge is 0.317 e. The molecule has 1 unspecified atom stereocenters. The number of carbonyl (C=O) groups is 2. The molecule has 21 heavy (non-hydrogen) atoms. The molecule has 2 fully saturated rings. The van der Waals surface area contributed by atoms with Crippen LogP contribution < -0.4 is 5.32 Å². The van der Waals surface area contributed by atoms with Gasteiger partial charge in [-0.15, -0.1) is 0 Å². The maximum atomic E-state index is 12.2. The molecule has 2 saturated heterocycles. The fourth-order valence-electron chi connectivity index (χ4n) is 2.54. The fourth-order valence-corrected chi connectivity index (χ4v) is 2.54. The minimum Gasteiger partial charge on any atom is -0.481 e. The van der Waals surface area contributed by atoms with Crippen molar-refractivity contribution >= 4 is 12.0 Å². The van der Waals surface area contributed by atoms with Crippen LogP contribution in [-0.2, 0) is 14.3 Å². The van der Waals surface area contributed by atoms with Crippen LogP contribution in [0.25, 0.3) is 0 Å². The van der Waals surface area contributed by atoms with E-state index in [2.05, 4.69) is 10.2 Å². The summed E-state index contributed by atoms with van der Waals surface area (Å²) in [5.74, 6) is -0.920. The van der Waals surface area contributed by atoms with Crippen molar-refractivity contribution in [1.29, 1.82) is 0 Å². The second-order valence-electron chi connectivity index (χ2n) is 5.21. The van der Waals surface area contributed by atoms with Gasteiger partial charge in [0.25, 0.3) is 0 Å². The Morgan fingerprint density at radius 1 is 1.14 bits per heavy atom. The number of morpholine rings is 2. The van der Waals surface area contributed by atoms with E-state index in [-0.39, 0.29) is 25.1 Å². The Balaban J connectivity index is 1.73. The third kappa shape index (κ3) is 5.14. The minimum absolute atomic E-state index is 0.0864. The third-order valence-corrected chi connectivity index (χ3v) is 3.71. The molecule has 0 aliphatic carbocycles. The maximum absolute atomic E-state index is 12.2. The Kier molecular flexibility index (Phi) is 6.21. The van der Waals surface area contributed by atoms with Crippen molar-refractivity contribution in [2.24, 2.45) is 0 Å². The van der Waals surface area contributed by atoms with Crippen molar-refractivity contribution in [3.63, 3.8) is 0 Å². The lowest BCUT2D eigenvalue weighted by molar-refractivity contribution is -0.139. The normalized spacial score (nSPS) is 23.8. The quantitative estimate of drug-likeness (QED) is 0.691. The number of hydrogen-bond acceptors (Lipinski definition) is 5. The molecule has 2 aliphatic rings. The second-order valence-corrected chi connectivity index (χ2v) is 5.21. The number of carboxylic acids is 1. The number of carbonyl (C=O) groups excluding carboxylic acids is 1. The van der Waals surface area contributed by atoms with E-state index in [0.717, 1.165) is 32.8 Å². The number of urea groups is 1. The molecule has 0 aromatic heterocycles. The van der Waals surface area contributed by atoms with Crippen LogP contribution in [0, 0.1) is 0 Å². The van der Waals surface area contributed by atoms with Gasteiger partial charge in [-0.25, -0.2) is 4.79 Å². The summed E-state index contributed by atoms with van der Waals surface area (Å²) in [5, 5.41) is 11.7. The zero-order valence-corrected chi connectivity index (χ0v) is 12.1. The summed E-state index contributed by atoms with van der Waals surface area (Å²) >= 11 is 0. The summed E-state index contributed by atoms with van der Waals surface area (Å²) in [6.45, 7) is 5.73. The molecule has 2 amide bonds. The topological polar surface area (TPSA) is 91.3 Å². The molecule has 8 nitrogen and oxygen atoms in total. The van der Waals surface area contributed by atoms with Crippen LogP contribution in [0.3, 0.4) is 0 Å². The largest absolute Gasteiger partial charge is 0.481 e. The molecule has 2 N–H and O–H groups in total. The fraction of sp³-hybridized carbons (Fsp3) is 0.846. The highest BCUT2D eigenvalue weighted by molar-refractivity contribution is 5.76. The number of amides is 2. The number of nitrogens with one attached hydrogen (secondary N) is 1. The average molecular weight is 301 g/mol. The Labute approximate surface area is 124 Å². The van der Waals surface area contributed by atoms with Gasteiger partial charge in [0.1, 0.15) is 0 Å². The van der Waals surface area contributed by atoms with E-state index < -0.39 is 5.97 Å². The molecule has 2 rings (SSSR count). The predicted molar refractivity (Wildman–Crippen MR) is 74.2 cm³/mol. The van der Waals surface area contributed by atoms with E-state index >= 15 is 0 Å². The first-order valence-electron chi connectivity index (χ1n) is 7.31. The number of hydrogen-bond donors (Lipinski definition) is 2. The van der Waals surface area contributed by atoms with E-state index in [1.807, 2.05) is 0 Å². The first-order valence-corrected chi connectivity index (χ1v) is 7.31. The highest BCUT2D eigenvalue weighted by Gasteiger charge is 2.29. The van der Waals surface area contributed by atoms with Crippen molar-refractivity contribution < 1.29 is 24.2 Å². The standard InChI is InChI=1S/C13H23N3O5/c17-12(18)9-11-10-21-8-5-16(11)13(19)14-1-2-15-3-6-20-7-4-15/h11H,1-10H2,(H,14,19)(H,17,18). The van der Waals surface area contributed by atoms with Crippen LogP contribution in [0.4, 0.5) is 4.79 Å². The zero-order valence-electron chi connectivity index (χ0n) is 12.1. The highest BCUT2D eigenvalue weighted by atomic mass is 16.5. The van der Waals surface area contributed by atoms with Crippen LogP contribution in [0.2, 0.25) is 0 Å². The third-order valence-electron chi connectivity index (χ3n) is 3.71. The second kappa shape index (κ2) is 8.16. The van der Waals surface area contributed by atoms with Crippen molar-refractivity contribution in [3.05, 3.63) is 0 Å². The molecule has 0 saturated carbocycles. The summed E-state index contributed by atoms with van der Waals surface area (Å²) in [6, 6.07) is -0.600. The molecule has 0 aromatic rings. The summed E-state index contributed by atoms with van der Waals surface area (Å²) in [4.78, 5) is 26.8. The van der Waals surface area contributed by atoms with Crippen molar-refractivity contribution in [1.82, 2.24) is 15.1 Å². The Bertz CT molecular complexity index is 360. The Morgan fingerprint density at radius 2 is 1.86 bits per heavy atom. The van der Waals surface area contributed by atoms with Gasteiger partial charge in [-0.3, -0.25) is 9.69 Å². The molecule has 0 spiro atoms. The van der Waals surface area contributed by atoms with E-state index in [1.165, 1.54) is 0 Å². The monoisotopic (exact) mass is 301 g/mol. The number of carboxylic acid groups (broad SMARTS) is 1. The van der Waals surface area contributed by atoms with Gasteiger partial charge in [-0.1, -0.05) is 0 Å². The van der Waals surface area contributed by atoms with Crippen molar-refractivity contribution in [2.75, 3.05) is 59.2 Å². The lowest BCUT2D eigenvalue weighted by Gasteiger charge is -2.35. The number of aliphatic carboxylic acids is 1. The first kappa shape index (κ1) is 16.0. The first-order chi connectivity index (χ1) is 10.2. The lowest BCUT2D eigenvalue weighted by atomic mass is 10.1. The summed E-state index contributed by atoms with van der Waals surface area (Å²) in [6.07, 6.45) is -0.0864. The zero-order chi connectivity index (χ0) is 15.1. The highest BCUT2D eigenvalue weighted by Crippen LogP contribution is 2.10. The molecular weight excluding hydrogens is 278 g/mol. The van der Waals surface area contributed by atoms with Gasteiger partial charge in [0, 0.05) is 32.7 Å². The molecule has 0 radical (unpaired) electrons.